The zero-order valence-electron chi connectivity index (χ0n) is 21.9. The standard InChI is InChI=1S/C32H17F3N6/c1-16-6-8-19(18(3)10-16)30-28(26(14-36)38-4)21-12-25-22(13-24(21)40-30)29(27(15-37)39-5)31(41-25)20-9-7-17(2)11-23(20)32(33,34)35/h6-13H,1-3H3/b28-26+,29-27-. The fraction of sp³-hybridized carbons (Fsp3) is 0.125. The summed E-state index contributed by atoms with van der Waals surface area (Å²) < 4.78 is 42.3. The molecule has 0 unspecified atom stereocenters. The highest BCUT2D eigenvalue weighted by Gasteiger charge is 2.38. The Hall–Kier alpha value is -5.77. The second-order valence-electron chi connectivity index (χ2n) is 9.57. The number of allylic oxidation sites excluding steroid dienone is 4. The van der Waals surface area contributed by atoms with Gasteiger partial charge in [0.15, 0.2) is 0 Å². The molecule has 3 aromatic rings. The molecule has 0 fully saturated rings. The van der Waals surface area contributed by atoms with Gasteiger partial charge in [-0.2, -0.15) is 13.2 Å². The van der Waals surface area contributed by atoms with E-state index in [-0.39, 0.29) is 33.8 Å². The van der Waals surface area contributed by atoms with Crippen molar-refractivity contribution in [1.82, 2.24) is 0 Å². The average molecular weight is 543 g/mol. The van der Waals surface area contributed by atoms with Crippen LogP contribution in [0.3, 0.4) is 0 Å². The monoisotopic (exact) mass is 542 g/mol. The van der Waals surface area contributed by atoms with Crippen LogP contribution >= 0.6 is 0 Å². The number of aliphatic imine (C=N–C) groups is 2. The second kappa shape index (κ2) is 9.76. The number of fused-ring (bicyclic) bond motifs is 2. The Morgan fingerprint density at radius 1 is 0.707 bits per heavy atom. The highest BCUT2D eigenvalue weighted by molar-refractivity contribution is 6.40. The number of nitrogens with zero attached hydrogens (tertiary/aromatic N) is 6. The normalized spacial score (nSPS) is 15.9. The lowest BCUT2D eigenvalue weighted by molar-refractivity contribution is -0.137. The first kappa shape index (κ1) is 26.8. The summed E-state index contributed by atoms with van der Waals surface area (Å²) in [4.78, 5) is 16.0. The Morgan fingerprint density at radius 2 is 1.17 bits per heavy atom. The van der Waals surface area contributed by atoms with Crippen LogP contribution in [0.5, 0.6) is 0 Å². The van der Waals surface area contributed by atoms with Crippen LogP contribution in [0, 0.1) is 56.6 Å². The third-order valence-corrected chi connectivity index (χ3v) is 6.87. The van der Waals surface area contributed by atoms with Crippen molar-refractivity contribution in [2.24, 2.45) is 9.98 Å². The second-order valence-corrected chi connectivity index (χ2v) is 9.57. The minimum Gasteiger partial charge on any atom is -0.248 e. The molecule has 0 atom stereocenters. The van der Waals surface area contributed by atoms with E-state index in [4.69, 9.17) is 18.1 Å². The van der Waals surface area contributed by atoms with E-state index >= 15 is 0 Å². The van der Waals surface area contributed by atoms with E-state index in [1.807, 2.05) is 38.1 Å². The Kier molecular flexibility index (Phi) is 6.39. The van der Waals surface area contributed by atoms with Crippen LogP contribution in [0.25, 0.3) is 20.8 Å². The van der Waals surface area contributed by atoms with Gasteiger partial charge in [-0.15, -0.1) is 0 Å². The highest BCUT2D eigenvalue weighted by atomic mass is 19.4. The molecule has 0 N–H and O–H groups in total. The molecule has 9 heteroatoms. The molecule has 2 aliphatic rings. The van der Waals surface area contributed by atoms with Crippen molar-refractivity contribution in [2.45, 2.75) is 26.9 Å². The molecule has 0 saturated heterocycles. The van der Waals surface area contributed by atoms with Crippen molar-refractivity contribution >= 4 is 33.9 Å². The molecular weight excluding hydrogens is 525 g/mol. The molecule has 0 bridgehead atoms. The Bertz CT molecular complexity index is 1960. The van der Waals surface area contributed by atoms with E-state index in [9.17, 15) is 23.7 Å². The van der Waals surface area contributed by atoms with Gasteiger partial charge in [-0.05, 0) is 44.5 Å². The highest BCUT2D eigenvalue weighted by Crippen LogP contribution is 2.49. The van der Waals surface area contributed by atoms with Gasteiger partial charge >= 0.3 is 6.18 Å². The van der Waals surface area contributed by atoms with Gasteiger partial charge in [0, 0.05) is 33.4 Å². The van der Waals surface area contributed by atoms with Gasteiger partial charge < -0.3 is 0 Å². The molecule has 196 valence electrons. The molecule has 5 rings (SSSR count). The summed E-state index contributed by atoms with van der Waals surface area (Å²) in [7, 11) is 0. The molecule has 0 radical (unpaired) electrons. The summed E-state index contributed by atoms with van der Waals surface area (Å²) in [6, 6.07) is 16.3. The number of nitriles is 2. The molecule has 0 aliphatic carbocycles. The van der Waals surface area contributed by atoms with Crippen LogP contribution in [0.4, 0.5) is 24.5 Å². The van der Waals surface area contributed by atoms with E-state index in [1.54, 1.807) is 18.2 Å². The largest absolute Gasteiger partial charge is 0.417 e. The SMILES string of the molecule is [C-]#[N+]/C(C#N)=C1\C(c2ccc(C)cc2C(F)(F)F)=Nc2cc3c(cc21)N=C(c1ccc(C)cc1C)/C3=C(\C#N)[N+]#[C-]. The Balaban J connectivity index is 1.81. The predicted octanol–water partition coefficient (Wildman–Crippen LogP) is 8.21. The van der Waals surface area contributed by atoms with Crippen LogP contribution in [-0.4, -0.2) is 11.4 Å². The van der Waals surface area contributed by atoms with E-state index in [1.165, 1.54) is 19.1 Å². The first-order valence-electron chi connectivity index (χ1n) is 12.2. The number of hydrogen-bond acceptors (Lipinski definition) is 4. The van der Waals surface area contributed by atoms with Crippen molar-refractivity contribution < 1.29 is 13.2 Å². The third-order valence-electron chi connectivity index (χ3n) is 6.87. The number of hydrogen-bond donors (Lipinski definition) is 0. The summed E-state index contributed by atoms with van der Waals surface area (Å²) in [5.41, 5.74) is 2.94. The third kappa shape index (κ3) is 4.37. The van der Waals surface area contributed by atoms with Crippen molar-refractivity contribution in [3.8, 4) is 12.1 Å². The minimum atomic E-state index is -4.71. The van der Waals surface area contributed by atoms with Gasteiger partial charge in [-0.25, -0.2) is 30.2 Å². The molecule has 6 nitrogen and oxygen atoms in total. The molecule has 3 aromatic carbocycles. The fourth-order valence-electron chi connectivity index (χ4n) is 5.09. The predicted molar refractivity (Wildman–Crippen MR) is 149 cm³/mol. The fourth-order valence-corrected chi connectivity index (χ4v) is 5.09. The van der Waals surface area contributed by atoms with Gasteiger partial charge in [0.2, 0.25) is 0 Å². The maximum atomic E-state index is 14.1. The van der Waals surface area contributed by atoms with Crippen molar-refractivity contribution in [3.05, 3.63) is 127 Å². The topological polar surface area (TPSA) is 81.0 Å². The van der Waals surface area contributed by atoms with Crippen LogP contribution in [-0.2, 0) is 6.18 Å². The number of rotatable bonds is 2. The lowest BCUT2D eigenvalue weighted by Gasteiger charge is -2.15. The Labute approximate surface area is 234 Å². The molecule has 2 heterocycles. The summed E-state index contributed by atoms with van der Waals surface area (Å²) >= 11 is 0. The van der Waals surface area contributed by atoms with Gasteiger partial charge in [0.25, 0.3) is 11.4 Å². The number of alkyl halides is 3. The molecule has 2 aliphatic heterocycles. The van der Waals surface area contributed by atoms with Gasteiger partial charge in [0.05, 0.1) is 53.6 Å². The van der Waals surface area contributed by atoms with Crippen LogP contribution < -0.4 is 0 Å². The lowest BCUT2D eigenvalue weighted by Crippen LogP contribution is -2.14. The average Bonchev–Trinajstić information content (AvgIpc) is 3.47. The summed E-state index contributed by atoms with van der Waals surface area (Å²) in [6.45, 7) is 20.6. The van der Waals surface area contributed by atoms with Crippen molar-refractivity contribution in [1.29, 1.82) is 10.5 Å². The van der Waals surface area contributed by atoms with E-state index in [0.717, 1.165) is 17.2 Å². The quantitative estimate of drug-likeness (QED) is 0.242. The van der Waals surface area contributed by atoms with E-state index in [2.05, 4.69) is 14.7 Å². The summed E-state index contributed by atoms with van der Waals surface area (Å²) in [5.74, 6) is 0. The smallest absolute Gasteiger partial charge is 0.248 e. The van der Waals surface area contributed by atoms with E-state index < -0.39 is 17.4 Å². The molecule has 0 amide bonds. The first-order valence-corrected chi connectivity index (χ1v) is 12.2. The number of aryl methyl sites for hydroxylation is 3. The maximum absolute atomic E-state index is 14.1. The van der Waals surface area contributed by atoms with Crippen LogP contribution in [0.2, 0.25) is 0 Å². The van der Waals surface area contributed by atoms with Crippen molar-refractivity contribution in [3.63, 3.8) is 0 Å². The zero-order chi connectivity index (χ0) is 29.6. The minimum absolute atomic E-state index is 0.0268. The van der Waals surface area contributed by atoms with E-state index in [0.29, 0.717) is 33.7 Å². The molecule has 0 saturated carbocycles. The van der Waals surface area contributed by atoms with Gasteiger partial charge in [-0.1, -0.05) is 41.5 Å². The molecule has 0 aromatic heterocycles. The number of halogens is 3. The maximum Gasteiger partial charge on any atom is 0.417 e. The van der Waals surface area contributed by atoms with Crippen LogP contribution in [0.1, 0.15) is 44.5 Å². The molecular formula is C32H17F3N6. The summed E-state index contributed by atoms with van der Waals surface area (Å²) in [5, 5.41) is 19.6. The van der Waals surface area contributed by atoms with Gasteiger partial charge in [-0.3, -0.25) is 0 Å². The van der Waals surface area contributed by atoms with Crippen LogP contribution in [0.15, 0.2) is 69.9 Å². The summed E-state index contributed by atoms with van der Waals surface area (Å²) in [6.07, 6.45) is -4.71. The Morgan fingerprint density at radius 3 is 1.61 bits per heavy atom. The first-order chi connectivity index (χ1) is 19.5. The molecule has 0 spiro atoms. The number of benzene rings is 3. The van der Waals surface area contributed by atoms with Crippen molar-refractivity contribution in [2.75, 3.05) is 0 Å². The molecule has 41 heavy (non-hydrogen) atoms. The zero-order valence-corrected chi connectivity index (χ0v) is 21.9. The van der Waals surface area contributed by atoms with Gasteiger partial charge in [0.1, 0.15) is 0 Å². The lowest BCUT2D eigenvalue weighted by atomic mass is 9.90.